The fourth-order valence-corrected chi connectivity index (χ4v) is 1.27. The number of nitrogens with zero attached hydrogens (tertiary/aromatic N) is 1. The number of amides is 1. The number of aromatic nitrogens is 2. The molecule has 0 spiro atoms. The molecule has 0 atom stereocenters. The van der Waals surface area contributed by atoms with E-state index in [1.165, 1.54) is 18.2 Å². The number of H-pyrrole nitrogens is 1. The smallest absolute Gasteiger partial charge is 0.354 e. The molecule has 17 heavy (non-hydrogen) atoms. The standard InChI is InChI=1S/C11H9N3O3/c15-10(14-9-5-2-6-12-9)7-3-1-4-8(13-7)11(16)17/h1-6,12H,(H,14,15)(H,16,17). The van der Waals surface area contributed by atoms with Gasteiger partial charge in [-0.2, -0.15) is 0 Å². The lowest BCUT2D eigenvalue weighted by molar-refractivity contribution is 0.0690. The van der Waals surface area contributed by atoms with Crippen molar-refractivity contribution in [1.29, 1.82) is 0 Å². The minimum atomic E-state index is -1.17. The van der Waals surface area contributed by atoms with Gasteiger partial charge in [0.05, 0.1) is 0 Å². The molecule has 2 heterocycles. The normalized spacial score (nSPS) is 9.88. The zero-order valence-corrected chi connectivity index (χ0v) is 8.68. The Labute approximate surface area is 96.3 Å². The Kier molecular flexibility index (Phi) is 2.87. The van der Waals surface area contributed by atoms with E-state index in [0.29, 0.717) is 5.82 Å². The van der Waals surface area contributed by atoms with Gasteiger partial charge < -0.3 is 15.4 Å². The second-order valence-electron chi connectivity index (χ2n) is 3.25. The van der Waals surface area contributed by atoms with Crippen LogP contribution in [-0.2, 0) is 0 Å². The number of hydrogen-bond donors (Lipinski definition) is 3. The minimum absolute atomic E-state index is 0.0551. The highest BCUT2D eigenvalue weighted by Crippen LogP contribution is 2.05. The van der Waals surface area contributed by atoms with Gasteiger partial charge in [0.25, 0.3) is 5.91 Å². The Balaban J connectivity index is 2.19. The lowest BCUT2D eigenvalue weighted by atomic mass is 10.3. The maximum atomic E-state index is 11.7. The molecule has 0 aliphatic carbocycles. The second-order valence-corrected chi connectivity index (χ2v) is 3.25. The largest absolute Gasteiger partial charge is 0.477 e. The summed E-state index contributed by atoms with van der Waals surface area (Å²) in [6.45, 7) is 0. The van der Waals surface area contributed by atoms with Crippen LogP contribution in [0.5, 0.6) is 0 Å². The SMILES string of the molecule is O=C(O)c1cccc(C(=O)Nc2ccc[nH]2)n1. The van der Waals surface area contributed by atoms with Crippen LogP contribution in [0.15, 0.2) is 36.5 Å². The highest BCUT2D eigenvalue weighted by molar-refractivity contribution is 6.02. The molecule has 1 amide bonds. The Bertz CT molecular complexity index is 549. The van der Waals surface area contributed by atoms with Crippen LogP contribution in [0.4, 0.5) is 5.82 Å². The van der Waals surface area contributed by atoms with Crippen LogP contribution in [-0.4, -0.2) is 27.0 Å². The quantitative estimate of drug-likeness (QED) is 0.743. The van der Waals surface area contributed by atoms with Crippen molar-refractivity contribution in [3.63, 3.8) is 0 Å². The number of anilines is 1. The average Bonchev–Trinajstić information content (AvgIpc) is 2.82. The molecule has 6 nitrogen and oxygen atoms in total. The number of hydrogen-bond acceptors (Lipinski definition) is 3. The van der Waals surface area contributed by atoms with Crippen LogP contribution in [0.25, 0.3) is 0 Å². The molecule has 0 saturated heterocycles. The van der Waals surface area contributed by atoms with Crippen LogP contribution >= 0.6 is 0 Å². The van der Waals surface area contributed by atoms with Gasteiger partial charge in [-0.1, -0.05) is 6.07 Å². The molecule has 0 aliphatic rings. The first-order chi connectivity index (χ1) is 8.16. The molecule has 0 aromatic carbocycles. The van der Waals surface area contributed by atoms with Gasteiger partial charge in [-0.15, -0.1) is 0 Å². The van der Waals surface area contributed by atoms with E-state index < -0.39 is 11.9 Å². The number of rotatable bonds is 3. The molecule has 0 unspecified atom stereocenters. The summed E-state index contributed by atoms with van der Waals surface area (Å²) in [5.41, 5.74) is -0.108. The lowest BCUT2D eigenvalue weighted by Crippen LogP contribution is -2.15. The van der Waals surface area contributed by atoms with Crippen LogP contribution in [0, 0.1) is 0 Å². The number of carboxylic acid groups (broad SMARTS) is 1. The summed E-state index contributed by atoms with van der Waals surface area (Å²) in [5.74, 6) is -1.10. The van der Waals surface area contributed by atoms with E-state index in [1.807, 2.05) is 0 Å². The van der Waals surface area contributed by atoms with E-state index in [4.69, 9.17) is 5.11 Å². The molecule has 0 bridgehead atoms. The predicted octanol–water partition coefficient (Wildman–Crippen LogP) is 1.36. The van der Waals surface area contributed by atoms with Crippen molar-refractivity contribution in [3.8, 4) is 0 Å². The average molecular weight is 231 g/mol. The molecule has 2 aromatic heterocycles. The third kappa shape index (κ3) is 2.49. The van der Waals surface area contributed by atoms with E-state index in [-0.39, 0.29) is 11.4 Å². The first-order valence-corrected chi connectivity index (χ1v) is 4.82. The Morgan fingerprint density at radius 1 is 1.18 bits per heavy atom. The number of aromatic carboxylic acids is 1. The molecule has 0 fully saturated rings. The van der Waals surface area contributed by atoms with Crippen LogP contribution in [0.3, 0.4) is 0 Å². The van der Waals surface area contributed by atoms with Crippen molar-refractivity contribution >= 4 is 17.7 Å². The van der Waals surface area contributed by atoms with E-state index >= 15 is 0 Å². The van der Waals surface area contributed by atoms with E-state index in [0.717, 1.165) is 0 Å². The van der Waals surface area contributed by atoms with Gasteiger partial charge in [0.2, 0.25) is 0 Å². The topological polar surface area (TPSA) is 95.1 Å². The molecule has 2 rings (SSSR count). The van der Waals surface area contributed by atoms with Gasteiger partial charge >= 0.3 is 5.97 Å². The second kappa shape index (κ2) is 4.48. The number of carbonyl (C=O) groups is 2. The number of pyridine rings is 1. The third-order valence-electron chi connectivity index (χ3n) is 2.05. The van der Waals surface area contributed by atoms with Gasteiger partial charge in [0.1, 0.15) is 17.2 Å². The van der Waals surface area contributed by atoms with Crippen LogP contribution in [0.1, 0.15) is 21.0 Å². The van der Waals surface area contributed by atoms with Crippen LogP contribution < -0.4 is 5.32 Å². The maximum Gasteiger partial charge on any atom is 0.354 e. The van der Waals surface area contributed by atoms with Crippen molar-refractivity contribution in [2.45, 2.75) is 0 Å². The van der Waals surface area contributed by atoms with E-state index in [2.05, 4.69) is 15.3 Å². The molecule has 0 aliphatic heterocycles. The van der Waals surface area contributed by atoms with Gasteiger partial charge in [-0.3, -0.25) is 4.79 Å². The van der Waals surface area contributed by atoms with Crippen molar-refractivity contribution in [3.05, 3.63) is 47.9 Å². The monoisotopic (exact) mass is 231 g/mol. The van der Waals surface area contributed by atoms with E-state index in [1.54, 1.807) is 18.3 Å². The van der Waals surface area contributed by atoms with Crippen molar-refractivity contribution in [2.75, 3.05) is 5.32 Å². The lowest BCUT2D eigenvalue weighted by Gasteiger charge is -2.02. The summed E-state index contributed by atoms with van der Waals surface area (Å²) in [5, 5.41) is 11.3. The Morgan fingerprint density at radius 2 is 1.94 bits per heavy atom. The first kappa shape index (κ1) is 10.9. The van der Waals surface area contributed by atoms with Crippen molar-refractivity contribution < 1.29 is 14.7 Å². The molecule has 0 saturated carbocycles. The molecule has 3 N–H and O–H groups in total. The number of carboxylic acids is 1. The summed E-state index contributed by atoms with van der Waals surface area (Å²) in [6.07, 6.45) is 1.66. The van der Waals surface area contributed by atoms with Gasteiger partial charge in [0.15, 0.2) is 0 Å². The first-order valence-electron chi connectivity index (χ1n) is 4.82. The number of nitrogens with one attached hydrogen (secondary N) is 2. The zero-order valence-electron chi connectivity index (χ0n) is 8.68. The summed E-state index contributed by atoms with van der Waals surface area (Å²) in [6, 6.07) is 7.66. The van der Waals surface area contributed by atoms with Gasteiger partial charge in [-0.25, -0.2) is 9.78 Å². The Morgan fingerprint density at radius 3 is 2.59 bits per heavy atom. The highest BCUT2D eigenvalue weighted by Gasteiger charge is 2.11. The van der Waals surface area contributed by atoms with E-state index in [9.17, 15) is 9.59 Å². The predicted molar refractivity (Wildman–Crippen MR) is 59.9 cm³/mol. The van der Waals surface area contributed by atoms with Crippen LogP contribution in [0.2, 0.25) is 0 Å². The fraction of sp³-hybridized carbons (Fsp3) is 0. The number of carbonyl (C=O) groups excluding carboxylic acids is 1. The van der Waals surface area contributed by atoms with Gasteiger partial charge in [-0.05, 0) is 24.3 Å². The number of aromatic amines is 1. The maximum absolute atomic E-state index is 11.7. The Hall–Kier alpha value is -2.63. The fourth-order valence-electron chi connectivity index (χ4n) is 1.27. The highest BCUT2D eigenvalue weighted by atomic mass is 16.4. The summed E-state index contributed by atoms with van der Waals surface area (Å²) in [7, 11) is 0. The zero-order chi connectivity index (χ0) is 12.3. The minimum Gasteiger partial charge on any atom is -0.477 e. The summed E-state index contributed by atoms with van der Waals surface area (Å²) in [4.78, 5) is 28.9. The van der Waals surface area contributed by atoms with Gasteiger partial charge in [0, 0.05) is 6.20 Å². The molecular weight excluding hydrogens is 222 g/mol. The third-order valence-corrected chi connectivity index (χ3v) is 2.05. The summed E-state index contributed by atoms with van der Waals surface area (Å²) >= 11 is 0. The van der Waals surface area contributed by atoms with Crippen molar-refractivity contribution in [1.82, 2.24) is 9.97 Å². The van der Waals surface area contributed by atoms with Crippen molar-refractivity contribution in [2.24, 2.45) is 0 Å². The summed E-state index contributed by atoms with van der Waals surface area (Å²) < 4.78 is 0. The molecule has 0 radical (unpaired) electrons. The molecule has 6 heteroatoms. The molecular formula is C11H9N3O3. The molecule has 2 aromatic rings. The molecule has 86 valence electrons.